The van der Waals surface area contributed by atoms with Crippen LogP contribution in [0.1, 0.15) is 56.9 Å². The molecular formula is C28H40BrN4S2+. The third-order valence-electron chi connectivity index (χ3n) is 7.39. The molecule has 1 aromatic carbocycles. The molecule has 7 heteroatoms. The SMILES string of the molecule is Br.CC[N+](CC)(CC)CCCCCCn1nc2c(C)ccc(-c3ccc(-c4ccc(C)s4)s3)c2n1. The molecule has 0 amide bonds. The molecule has 0 fully saturated rings. The van der Waals surface area contributed by atoms with Crippen LogP contribution in [0.3, 0.4) is 0 Å². The highest BCUT2D eigenvalue weighted by Crippen LogP contribution is 2.39. The third kappa shape index (κ3) is 6.43. The van der Waals surface area contributed by atoms with Gasteiger partial charge in [-0.3, -0.25) is 0 Å². The molecule has 0 saturated carbocycles. The van der Waals surface area contributed by atoms with Gasteiger partial charge in [0.25, 0.3) is 0 Å². The lowest BCUT2D eigenvalue weighted by molar-refractivity contribution is -0.923. The van der Waals surface area contributed by atoms with Gasteiger partial charge in [-0.25, -0.2) is 0 Å². The van der Waals surface area contributed by atoms with E-state index in [1.165, 1.54) is 80.6 Å². The number of rotatable bonds is 12. The summed E-state index contributed by atoms with van der Waals surface area (Å²) in [4.78, 5) is 7.22. The highest BCUT2D eigenvalue weighted by atomic mass is 79.9. The molecule has 0 N–H and O–H groups in total. The maximum absolute atomic E-state index is 4.94. The summed E-state index contributed by atoms with van der Waals surface area (Å²) in [5.74, 6) is 0. The minimum absolute atomic E-state index is 0. The first-order valence-electron chi connectivity index (χ1n) is 12.8. The molecular weight excluding hydrogens is 536 g/mol. The van der Waals surface area contributed by atoms with Crippen molar-refractivity contribution in [3.8, 4) is 20.2 Å². The van der Waals surface area contributed by atoms with Crippen LogP contribution in [0.4, 0.5) is 0 Å². The molecule has 0 saturated heterocycles. The number of unbranched alkanes of at least 4 members (excludes halogenated alkanes) is 3. The largest absolute Gasteiger partial charge is 0.324 e. The number of thiophene rings is 2. The summed E-state index contributed by atoms with van der Waals surface area (Å²) in [5.41, 5.74) is 4.47. The maximum Gasteiger partial charge on any atom is 0.122 e. The van der Waals surface area contributed by atoms with Gasteiger partial charge in [-0.05, 0) is 83.7 Å². The number of aromatic nitrogens is 3. The van der Waals surface area contributed by atoms with Gasteiger partial charge in [0, 0.05) is 25.1 Å². The van der Waals surface area contributed by atoms with Crippen LogP contribution >= 0.6 is 39.7 Å². The fourth-order valence-electron chi connectivity index (χ4n) is 4.84. The van der Waals surface area contributed by atoms with Crippen LogP contribution in [0, 0.1) is 13.8 Å². The van der Waals surface area contributed by atoms with Crippen LogP contribution in [0.2, 0.25) is 0 Å². The zero-order valence-electron chi connectivity index (χ0n) is 21.8. The van der Waals surface area contributed by atoms with E-state index < -0.39 is 0 Å². The Hall–Kier alpha value is -1.54. The molecule has 0 radical (unpaired) electrons. The van der Waals surface area contributed by atoms with Crippen molar-refractivity contribution in [2.45, 2.75) is 66.8 Å². The van der Waals surface area contributed by atoms with Crippen LogP contribution in [0.5, 0.6) is 0 Å². The first-order chi connectivity index (χ1) is 16.5. The van der Waals surface area contributed by atoms with Gasteiger partial charge >= 0.3 is 0 Å². The van der Waals surface area contributed by atoms with Crippen molar-refractivity contribution in [1.29, 1.82) is 0 Å². The molecule has 0 aliphatic rings. The van der Waals surface area contributed by atoms with Crippen molar-refractivity contribution in [2.24, 2.45) is 0 Å². The van der Waals surface area contributed by atoms with E-state index in [-0.39, 0.29) is 17.0 Å². The Labute approximate surface area is 229 Å². The third-order valence-corrected chi connectivity index (χ3v) is 9.71. The van der Waals surface area contributed by atoms with E-state index in [1.807, 2.05) is 27.5 Å². The second-order valence-electron chi connectivity index (χ2n) is 9.43. The molecule has 3 aromatic heterocycles. The van der Waals surface area contributed by atoms with Crippen LogP contribution in [-0.4, -0.2) is 45.7 Å². The average molecular weight is 577 g/mol. The van der Waals surface area contributed by atoms with Gasteiger partial charge in [0.1, 0.15) is 11.0 Å². The summed E-state index contributed by atoms with van der Waals surface area (Å²) in [6.45, 7) is 17.2. The lowest BCUT2D eigenvalue weighted by Gasteiger charge is -2.35. The Balaban J connectivity index is 0.00000342. The number of hydrogen-bond donors (Lipinski definition) is 0. The van der Waals surface area contributed by atoms with Crippen molar-refractivity contribution < 1.29 is 4.48 Å². The minimum atomic E-state index is 0. The summed E-state index contributed by atoms with van der Waals surface area (Å²) < 4.78 is 1.25. The number of aryl methyl sites for hydroxylation is 3. The van der Waals surface area contributed by atoms with E-state index in [4.69, 9.17) is 10.2 Å². The monoisotopic (exact) mass is 575 g/mol. The smallest absolute Gasteiger partial charge is 0.122 e. The van der Waals surface area contributed by atoms with Gasteiger partial charge in [0.15, 0.2) is 0 Å². The first kappa shape index (κ1) is 28.0. The predicted molar refractivity (Wildman–Crippen MR) is 159 cm³/mol. The van der Waals surface area contributed by atoms with Crippen LogP contribution < -0.4 is 0 Å². The van der Waals surface area contributed by atoms with Crippen molar-refractivity contribution in [2.75, 3.05) is 26.2 Å². The quantitative estimate of drug-likeness (QED) is 0.125. The molecule has 0 aliphatic carbocycles. The molecule has 0 spiro atoms. The Morgan fingerprint density at radius 1 is 0.714 bits per heavy atom. The molecule has 0 aliphatic heterocycles. The number of benzene rings is 1. The molecule has 4 aromatic rings. The zero-order valence-corrected chi connectivity index (χ0v) is 25.2. The summed E-state index contributed by atoms with van der Waals surface area (Å²) in [6.07, 6.45) is 5.00. The Bertz CT molecular complexity index is 1210. The topological polar surface area (TPSA) is 30.7 Å². The van der Waals surface area contributed by atoms with Crippen LogP contribution in [0.15, 0.2) is 36.4 Å². The van der Waals surface area contributed by atoms with E-state index in [0.29, 0.717) is 0 Å². The summed E-state index contributed by atoms with van der Waals surface area (Å²) in [7, 11) is 0. The zero-order chi connectivity index (χ0) is 24.1. The van der Waals surface area contributed by atoms with Crippen molar-refractivity contribution >= 4 is 50.7 Å². The molecule has 0 atom stereocenters. The van der Waals surface area contributed by atoms with Gasteiger partial charge in [-0.1, -0.05) is 18.6 Å². The predicted octanol–water partition coefficient (Wildman–Crippen LogP) is 8.52. The Morgan fingerprint density at radius 3 is 2.03 bits per heavy atom. The fraction of sp³-hybridized carbons (Fsp3) is 0.500. The molecule has 3 heterocycles. The molecule has 0 unspecified atom stereocenters. The number of halogens is 1. The summed E-state index contributed by atoms with van der Waals surface area (Å²) in [5, 5.41) is 9.82. The number of quaternary nitrogens is 1. The Morgan fingerprint density at radius 2 is 1.34 bits per heavy atom. The van der Waals surface area contributed by atoms with Gasteiger partial charge in [-0.2, -0.15) is 15.0 Å². The van der Waals surface area contributed by atoms with E-state index in [9.17, 15) is 0 Å². The van der Waals surface area contributed by atoms with E-state index >= 15 is 0 Å². The standard InChI is InChI=1S/C28H39N4S2.BrH/c1-6-32(7-2,8-3)20-12-10-9-11-19-31-29-27-21(4)13-15-23(28(27)30-31)24-17-18-26(34-24)25-16-14-22(5)33-25;/h13-18H,6-12,19-20H2,1-5H3;1H/q+1;. The van der Waals surface area contributed by atoms with Gasteiger partial charge in [-0.15, -0.1) is 39.7 Å². The number of nitrogens with zero attached hydrogens (tertiary/aromatic N) is 4. The average Bonchev–Trinajstić information content (AvgIpc) is 3.59. The summed E-state index contributed by atoms with van der Waals surface area (Å²) >= 11 is 3.70. The lowest BCUT2D eigenvalue weighted by Crippen LogP contribution is -2.48. The van der Waals surface area contributed by atoms with Crippen molar-refractivity contribution in [3.05, 3.63) is 46.8 Å². The maximum atomic E-state index is 4.94. The molecule has 190 valence electrons. The second-order valence-corrected chi connectivity index (χ2v) is 11.8. The van der Waals surface area contributed by atoms with Crippen LogP contribution in [-0.2, 0) is 6.54 Å². The molecule has 4 nitrogen and oxygen atoms in total. The van der Waals surface area contributed by atoms with Crippen molar-refractivity contribution in [1.82, 2.24) is 15.0 Å². The highest BCUT2D eigenvalue weighted by molar-refractivity contribution is 8.93. The number of hydrogen-bond acceptors (Lipinski definition) is 4. The van der Waals surface area contributed by atoms with Gasteiger partial charge in [0.2, 0.25) is 0 Å². The minimum Gasteiger partial charge on any atom is -0.324 e. The second kappa shape index (κ2) is 12.6. The Kier molecular flexibility index (Phi) is 10.1. The lowest BCUT2D eigenvalue weighted by atomic mass is 10.1. The van der Waals surface area contributed by atoms with Gasteiger partial charge in [0.05, 0.1) is 32.7 Å². The highest BCUT2D eigenvalue weighted by Gasteiger charge is 2.19. The van der Waals surface area contributed by atoms with Gasteiger partial charge < -0.3 is 4.48 Å². The normalized spacial score (nSPS) is 11.8. The number of fused-ring (bicyclic) bond motifs is 1. The molecule has 35 heavy (non-hydrogen) atoms. The van der Waals surface area contributed by atoms with Crippen LogP contribution in [0.25, 0.3) is 31.2 Å². The van der Waals surface area contributed by atoms with E-state index in [1.54, 1.807) is 0 Å². The fourth-order valence-corrected chi connectivity index (χ4v) is 6.83. The molecule has 4 rings (SSSR count). The van der Waals surface area contributed by atoms with E-state index in [2.05, 4.69) is 71.0 Å². The first-order valence-corrected chi connectivity index (χ1v) is 14.5. The van der Waals surface area contributed by atoms with Crippen molar-refractivity contribution in [3.63, 3.8) is 0 Å². The molecule has 0 bridgehead atoms. The summed E-state index contributed by atoms with van der Waals surface area (Å²) in [6, 6.07) is 13.3. The van der Waals surface area contributed by atoms with E-state index in [0.717, 1.165) is 24.0 Å².